The van der Waals surface area contributed by atoms with E-state index in [1.807, 2.05) is 24.3 Å². The molecule has 3 nitrogen and oxygen atoms in total. The zero-order chi connectivity index (χ0) is 15.9. The molecule has 0 spiro atoms. The quantitative estimate of drug-likeness (QED) is 0.791. The molecule has 2 aromatic carbocycles. The number of benzene rings is 2. The number of rotatable bonds is 6. The first-order valence-corrected chi connectivity index (χ1v) is 7.43. The van der Waals surface area contributed by atoms with Gasteiger partial charge < -0.3 is 10.1 Å². The summed E-state index contributed by atoms with van der Waals surface area (Å²) in [6.45, 7) is 0.459. The van der Waals surface area contributed by atoms with E-state index in [4.69, 9.17) is 4.74 Å². The molecular formula is C16H14BrF2NO2. The van der Waals surface area contributed by atoms with Crippen LogP contribution >= 0.6 is 15.9 Å². The van der Waals surface area contributed by atoms with Crippen molar-refractivity contribution >= 4 is 21.8 Å². The van der Waals surface area contributed by atoms with Crippen LogP contribution in [0.4, 0.5) is 8.78 Å². The van der Waals surface area contributed by atoms with Gasteiger partial charge in [0.1, 0.15) is 12.4 Å². The summed E-state index contributed by atoms with van der Waals surface area (Å²) in [7, 11) is 0. The normalized spacial score (nSPS) is 10.3. The minimum atomic E-state index is -0.962. The first-order chi connectivity index (χ1) is 10.5. The van der Waals surface area contributed by atoms with Crippen molar-refractivity contribution in [2.75, 3.05) is 13.2 Å². The topological polar surface area (TPSA) is 38.3 Å². The second-order valence-corrected chi connectivity index (χ2v) is 5.50. The maximum Gasteiger partial charge on any atom is 0.224 e. The molecule has 1 N–H and O–H groups in total. The Kier molecular flexibility index (Phi) is 5.89. The van der Waals surface area contributed by atoms with E-state index >= 15 is 0 Å². The maximum absolute atomic E-state index is 13.0. The van der Waals surface area contributed by atoms with Crippen molar-refractivity contribution in [1.29, 1.82) is 0 Å². The van der Waals surface area contributed by atoms with E-state index in [-0.39, 0.29) is 31.2 Å². The van der Waals surface area contributed by atoms with Crippen molar-refractivity contribution in [3.8, 4) is 5.75 Å². The predicted molar refractivity (Wildman–Crippen MR) is 82.7 cm³/mol. The summed E-state index contributed by atoms with van der Waals surface area (Å²) in [5.41, 5.74) is 0.897. The monoisotopic (exact) mass is 369 g/mol. The highest BCUT2D eigenvalue weighted by Gasteiger charge is 2.05. The molecule has 0 bridgehead atoms. The van der Waals surface area contributed by atoms with Crippen molar-refractivity contribution in [3.05, 3.63) is 64.1 Å². The zero-order valence-electron chi connectivity index (χ0n) is 11.6. The van der Waals surface area contributed by atoms with E-state index < -0.39 is 11.6 Å². The first kappa shape index (κ1) is 16.4. The van der Waals surface area contributed by atoms with Crippen molar-refractivity contribution in [3.63, 3.8) is 0 Å². The Morgan fingerprint density at radius 3 is 2.68 bits per heavy atom. The SMILES string of the molecule is O=C(Cc1cccc(Br)c1)NCCOc1ccc(F)c(F)c1. The second-order valence-electron chi connectivity index (χ2n) is 4.58. The summed E-state index contributed by atoms with van der Waals surface area (Å²) >= 11 is 3.34. The molecule has 0 aliphatic heterocycles. The number of amides is 1. The largest absolute Gasteiger partial charge is 0.492 e. The van der Waals surface area contributed by atoms with Crippen molar-refractivity contribution in [2.24, 2.45) is 0 Å². The number of carbonyl (C=O) groups excluding carboxylic acids is 1. The highest BCUT2D eigenvalue weighted by molar-refractivity contribution is 9.10. The van der Waals surface area contributed by atoms with Gasteiger partial charge in [0.15, 0.2) is 11.6 Å². The molecule has 0 aliphatic carbocycles. The van der Waals surface area contributed by atoms with Gasteiger partial charge in [-0.3, -0.25) is 4.79 Å². The Morgan fingerprint density at radius 1 is 1.14 bits per heavy atom. The van der Waals surface area contributed by atoms with E-state index in [1.165, 1.54) is 6.07 Å². The third-order valence-corrected chi connectivity index (χ3v) is 3.33. The molecule has 0 atom stereocenters. The van der Waals surface area contributed by atoms with Crippen LogP contribution in [0.15, 0.2) is 46.9 Å². The van der Waals surface area contributed by atoms with Gasteiger partial charge in [0, 0.05) is 10.5 Å². The number of halogens is 3. The van der Waals surface area contributed by atoms with Gasteiger partial charge in [0.05, 0.1) is 13.0 Å². The van der Waals surface area contributed by atoms with Crippen LogP contribution in [0.25, 0.3) is 0 Å². The van der Waals surface area contributed by atoms with Gasteiger partial charge in [-0.1, -0.05) is 28.1 Å². The van der Waals surface area contributed by atoms with Gasteiger partial charge in [0.2, 0.25) is 5.91 Å². The van der Waals surface area contributed by atoms with Crippen LogP contribution in [0.5, 0.6) is 5.75 Å². The molecule has 6 heteroatoms. The number of ether oxygens (including phenoxy) is 1. The number of carbonyl (C=O) groups is 1. The lowest BCUT2D eigenvalue weighted by Crippen LogP contribution is -2.29. The molecule has 116 valence electrons. The molecule has 2 rings (SSSR count). The molecule has 1 amide bonds. The predicted octanol–water partition coefficient (Wildman–Crippen LogP) is 3.47. The van der Waals surface area contributed by atoms with Crippen LogP contribution < -0.4 is 10.1 Å². The Morgan fingerprint density at radius 2 is 1.95 bits per heavy atom. The fraction of sp³-hybridized carbons (Fsp3) is 0.188. The van der Waals surface area contributed by atoms with Gasteiger partial charge in [-0.05, 0) is 29.8 Å². The van der Waals surface area contributed by atoms with Gasteiger partial charge in [-0.25, -0.2) is 8.78 Å². The molecule has 0 saturated heterocycles. The van der Waals surface area contributed by atoms with Crippen LogP contribution in [0.2, 0.25) is 0 Å². The van der Waals surface area contributed by atoms with Crippen LogP contribution in [-0.4, -0.2) is 19.1 Å². The van der Waals surface area contributed by atoms with Crippen LogP contribution in [-0.2, 0) is 11.2 Å². The first-order valence-electron chi connectivity index (χ1n) is 6.63. The molecular weight excluding hydrogens is 356 g/mol. The van der Waals surface area contributed by atoms with Gasteiger partial charge in [-0.15, -0.1) is 0 Å². The van der Waals surface area contributed by atoms with Gasteiger partial charge >= 0.3 is 0 Å². The lowest BCUT2D eigenvalue weighted by Gasteiger charge is -2.08. The molecule has 2 aromatic rings. The van der Waals surface area contributed by atoms with Crippen molar-refractivity contribution in [1.82, 2.24) is 5.32 Å². The fourth-order valence-corrected chi connectivity index (χ4v) is 2.27. The number of hydrogen-bond donors (Lipinski definition) is 1. The lowest BCUT2D eigenvalue weighted by molar-refractivity contribution is -0.120. The van der Waals surface area contributed by atoms with Gasteiger partial charge in [-0.2, -0.15) is 0 Å². The Bertz CT molecular complexity index is 664. The molecule has 0 radical (unpaired) electrons. The van der Waals surface area contributed by atoms with E-state index in [0.717, 1.165) is 22.2 Å². The lowest BCUT2D eigenvalue weighted by atomic mass is 10.1. The summed E-state index contributed by atoms with van der Waals surface area (Å²) in [6.07, 6.45) is 0.268. The average molecular weight is 370 g/mol. The Hall–Kier alpha value is -1.95. The Balaban J connectivity index is 1.72. The van der Waals surface area contributed by atoms with E-state index in [9.17, 15) is 13.6 Å². The summed E-state index contributed by atoms with van der Waals surface area (Å²) in [4.78, 5) is 11.7. The molecule has 0 aliphatic rings. The summed E-state index contributed by atoms with van der Waals surface area (Å²) in [5, 5.41) is 2.70. The minimum Gasteiger partial charge on any atom is -0.492 e. The summed E-state index contributed by atoms with van der Waals surface area (Å²) in [6, 6.07) is 10.8. The molecule has 22 heavy (non-hydrogen) atoms. The van der Waals surface area contributed by atoms with Crippen LogP contribution in [0.1, 0.15) is 5.56 Å². The molecule has 0 aromatic heterocycles. The van der Waals surface area contributed by atoms with Crippen molar-refractivity contribution in [2.45, 2.75) is 6.42 Å². The molecule has 0 heterocycles. The maximum atomic E-state index is 13.0. The summed E-state index contributed by atoms with van der Waals surface area (Å²) < 4.78 is 31.8. The van der Waals surface area contributed by atoms with Crippen molar-refractivity contribution < 1.29 is 18.3 Å². The van der Waals surface area contributed by atoms with Gasteiger partial charge in [0.25, 0.3) is 0 Å². The fourth-order valence-electron chi connectivity index (χ4n) is 1.82. The summed E-state index contributed by atoms with van der Waals surface area (Å²) in [5.74, 6) is -1.79. The van der Waals surface area contributed by atoms with E-state index in [0.29, 0.717) is 0 Å². The number of hydrogen-bond acceptors (Lipinski definition) is 2. The van der Waals surface area contributed by atoms with E-state index in [1.54, 1.807) is 0 Å². The smallest absolute Gasteiger partial charge is 0.224 e. The molecule has 0 fully saturated rings. The third-order valence-electron chi connectivity index (χ3n) is 2.84. The highest BCUT2D eigenvalue weighted by Crippen LogP contribution is 2.15. The van der Waals surface area contributed by atoms with Crippen LogP contribution in [0.3, 0.4) is 0 Å². The zero-order valence-corrected chi connectivity index (χ0v) is 13.2. The average Bonchev–Trinajstić information content (AvgIpc) is 2.47. The Labute approximate surface area is 135 Å². The standard InChI is InChI=1S/C16H14BrF2NO2/c17-12-3-1-2-11(8-12)9-16(21)20-6-7-22-13-4-5-14(18)15(19)10-13/h1-5,8,10H,6-7,9H2,(H,20,21). The third kappa shape index (κ3) is 5.11. The minimum absolute atomic E-state index is 0.132. The molecule has 0 saturated carbocycles. The van der Waals surface area contributed by atoms with Crippen LogP contribution in [0, 0.1) is 11.6 Å². The second kappa shape index (κ2) is 7.89. The number of nitrogens with one attached hydrogen (secondary N) is 1. The molecule has 0 unspecified atom stereocenters. The highest BCUT2D eigenvalue weighted by atomic mass is 79.9. The van der Waals surface area contributed by atoms with E-state index in [2.05, 4.69) is 21.2 Å².